The topological polar surface area (TPSA) is 29.1 Å². The van der Waals surface area contributed by atoms with Crippen LogP contribution in [0.2, 0.25) is 0 Å². The van der Waals surface area contributed by atoms with Gasteiger partial charge in [0.05, 0.1) is 5.56 Å². The second kappa shape index (κ2) is 4.73. The summed E-state index contributed by atoms with van der Waals surface area (Å²) >= 11 is 0. The van der Waals surface area contributed by atoms with Crippen molar-refractivity contribution in [2.45, 2.75) is 0 Å². The summed E-state index contributed by atoms with van der Waals surface area (Å²) in [6.07, 6.45) is 0. The molecular weight excluding hydrogens is 234 g/mol. The zero-order valence-corrected chi connectivity index (χ0v) is 10.5. The third kappa shape index (κ3) is 1.95. The smallest absolute Gasteiger partial charge is 0.252 e. The predicted octanol–water partition coefficient (Wildman–Crippen LogP) is 3.56. The van der Waals surface area contributed by atoms with Gasteiger partial charge in [0, 0.05) is 6.54 Å². The van der Waals surface area contributed by atoms with Crippen molar-refractivity contribution in [3.63, 3.8) is 0 Å². The molecule has 93 valence electrons. The van der Waals surface area contributed by atoms with E-state index < -0.39 is 0 Å². The summed E-state index contributed by atoms with van der Waals surface area (Å²) in [4.78, 5) is 12.3. The molecule has 0 spiro atoms. The van der Waals surface area contributed by atoms with Crippen LogP contribution in [0.4, 0.5) is 0 Å². The van der Waals surface area contributed by atoms with E-state index in [2.05, 4.69) is 18.3 Å². The number of benzene rings is 3. The molecule has 0 atom stereocenters. The van der Waals surface area contributed by atoms with Gasteiger partial charge in [-0.2, -0.15) is 0 Å². The maximum Gasteiger partial charge on any atom is 0.252 e. The fourth-order valence-electron chi connectivity index (χ4n) is 2.46. The number of carbonyl (C=O) groups excluding carboxylic acids is 1. The molecule has 0 saturated carbocycles. The highest BCUT2D eigenvalue weighted by molar-refractivity contribution is 6.18. The first-order valence-electron chi connectivity index (χ1n) is 6.29. The first kappa shape index (κ1) is 11.7. The van der Waals surface area contributed by atoms with Crippen molar-refractivity contribution >= 4 is 27.5 Å². The Balaban J connectivity index is 2.43. The average molecular weight is 248 g/mol. The van der Waals surface area contributed by atoms with E-state index in [0.717, 1.165) is 27.1 Å². The van der Waals surface area contributed by atoms with Crippen LogP contribution in [0.5, 0.6) is 0 Å². The Kier molecular flexibility index (Phi) is 2.92. The van der Waals surface area contributed by atoms with Crippen LogP contribution < -0.4 is 5.32 Å². The highest BCUT2D eigenvalue weighted by Crippen LogP contribution is 2.28. The molecule has 3 rings (SSSR count). The molecule has 0 aromatic heterocycles. The quantitative estimate of drug-likeness (QED) is 0.690. The Hall–Kier alpha value is -2.35. The van der Waals surface area contributed by atoms with Gasteiger partial charge in [-0.15, -0.1) is 0 Å². The van der Waals surface area contributed by atoms with Gasteiger partial charge >= 0.3 is 0 Å². The first-order valence-corrected chi connectivity index (χ1v) is 6.29. The monoisotopic (exact) mass is 248 g/mol. The van der Waals surface area contributed by atoms with Gasteiger partial charge < -0.3 is 5.32 Å². The molecule has 2 nitrogen and oxygen atoms in total. The molecule has 3 aromatic rings. The Morgan fingerprint density at radius 1 is 0.947 bits per heavy atom. The highest BCUT2D eigenvalue weighted by Gasteiger charge is 2.13. The van der Waals surface area contributed by atoms with Crippen molar-refractivity contribution in [2.75, 3.05) is 6.54 Å². The Morgan fingerprint density at radius 2 is 1.47 bits per heavy atom. The lowest BCUT2D eigenvalue weighted by Gasteiger charge is -2.11. The summed E-state index contributed by atoms with van der Waals surface area (Å²) in [7, 11) is 0. The lowest BCUT2D eigenvalue weighted by Crippen LogP contribution is -2.23. The first-order chi connectivity index (χ1) is 9.31. The molecule has 19 heavy (non-hydrogen) atoms. The van der Waals surface area contributed by atoms with Gasteiger partial charge in [-0.05, 0) is 34.5 Å². The molecular formula is C17H14NO. The summed E-state index contributed by atoms with van der Waals surface area (Å²) in [6, 6.07) is 18.0. The minimum atomic E-state index is -0.0667. The molecule has 2 heteroatoms. The van der Waals surface area contributed by atoms with Crippen LogP contribution in [0.15, 0.2) is 54.6 Å². The van der Waals surface area contributed by atoms with Crippen molar-refractivity contribution in [1.29, 1.82) is 0 Å². The van der Waals surface area contributed by atoms with Gasteiger partial charge in [0.25, 0.3) is 5.91 Å². The van der Waals surface area contributed by atoms with Crippen LogP contribution in [0.3, 0.4) is 0 Å². The summed E-state index contributed by atoms with van der Waals surface area (Å²) in [5.74, 6) is -0.0667. The standard InChI is InChI=1S/C17H14NO/c1-2-18-17(19)16-14-9-5-3-7-12(14)11-13-8-4-6-10-15(13)16/h3-11H,1-2H2,(H,18,19). The third-order valence-electron chi connectivity index (χ3n) is 3.28. The summed E-state index contributed by atoms with van der Waals surface area (Å²) < 4.78 is 0. The molecule has 3 aromatic carbocycles. The van der Waals surface area contributed by atoms with E-state index in [1.165, 1.54) is 0 Å². The molecule has 1 amide bonds. The van der Waals surface area contributed by atoms with Crippen LogP contribution >= 0.6 is 0 Å². The fraction of sp³-hybridized carbons (Fsp3) is 0.0588. The molecule has 0 bridgehead atoms. The molecule has 0 saturated heterocycles. The average Bonchev–Trinajstić information content (AvgIpc) is 2.44. The Bertz CT molecular complexity index is 707. The van der Waals surface area contributed by atoms with Crippen molar-refractivity contribution in [1.82, 2.24) is 5.32 Å². The van der Waals surface area contributed by atoms with E-state index in [4.69, 9.17) is 0 Å². The van der Waals surface area contributed by atoms with E-state index in [-0.39, 0.29) is 5.91 Å². The Morgan fingerprint density at radius 3 is 2.00 bits per heavy atom. The lowest BCUT2D eigenvalue weighted by atomic mass is 9.96. The molecule has 0 fully saturated rings. The second-order valence-electron chi connectivity index (χ2n) is 4.45. The number of hydrogen-bond acceptors (Lipinski definition) is 1. The van der Waals surface area contributed by atoms with E-state index in [9.17, 15) is 4.79 Å². The van der Waals surface area contributed by atoms with Crippen molar-refractivity contribution in [2.24, 2.45) is 0 Å². The zero-order valence-electron chi connectivity index (χ0n) is 10.5. The molecule has 0 unspecified atom stereocenters. The van der Waals surface area contributed by atoms with Crippen LogP contribution in [-0.2, 0) is 0 Å². The Labute approximate surface area is 112 Å². The summed E-state index contributed by atoms with van der Waals surface area (Å²) in [6.45, 7) is 4.06. The van der Waals surface area contributed by atoms with Crippen LogP contribution in [0.1, 0.15) is 10.4 Å². The molecule has 0 aliphatic carbocycles. The van der Waals surface area contributed by atoms with Crippen molar-refractivity contribution < 1.29 is 4.79 Å². The molecule has 0 aliphatic heterocycles. The van der Waals surface area contributed by atoms with Crippen LogP contribution in [0, 0.1) is 6.92 Å². The fourth-order valence-corrected chi connectivity index (χ4v) is 2.46. The predicted molar refractivity (Wildman–Crippen MR) is 79.1 cm³/mol. The van der Waals surface area contributed by atoms with Gasteiger partial charge in [-0.1, -0.05) is 48.5 Å². The molecule has 1 radical (unpaired) electrons. The van der Waals surface area contributed by atoms with Crippen molar-refractivity contribution in [3.05, 3.63) is 67.1 Å². The van der Waals surface area contributed by atoms with Gasteiger partial charge in [-0.25, -0.2) is 0 Å². The van der Waals surface area contributed by atoms with Gasteiger partial charge in [0.1, 0.15) is 0 Å². The minimum Gasteiger partial charge on any atom is -0.352 e. The molecule has 0 aliphatic rings. The number of amides is 1. The SMILES string of the molecule is [CH2]CNC(=O)c1c2ccccc2cc2ccccc12. The normalized spacial score (nSPS) is 10.8. The second-order valence-corrected chi connectivity index (χ2v) is 4.45. The summed E-state index contributed by atoms with van der Waals surface area (Å²) in [5, 5.41) is 6.91. The van der Waals surface area contributed by atoms with E-state index >= 15 is 0 Å². The number of hydrogen-bond donors (Lipinski definition) is 1. The van der Waals surface area contributed by atoms with Gasteiger partial charge in [0.2, 0.25) is 0 Å². The zero-order chi connectivity index (χ0) is 13.2. The minimum absolute atomic E-state index is 0.0667. The summed E-state index contributed by atoms with van der Waals surface area (Å²) in [5.41, 5.74) is 0.734. The lowest BCUT2D eigenvalue weighted by molar-refractivity contribution is 0.0961. The maximum atomic E-state index is 12.3. The maximum absolute atomic E-state index is 12.3. The van der Waals surface area contributed by atoms with E-state index in [1.807, 2.05) is 48.5 Å². The number of carbonyl (C=O) groups is 1. The third-order valence-corrected chi connectivity index (χ3v) is 3.28. The number of fused-ring (bicyclic) bond motifs is 2. The molecule has 1 N–H and O–H groups in total. The molecule has 0 heterocycles. The highest BCUT2D eigenvalue weighted by atomic mass is 16.1. The largest absolute Gasteiger partial charge is 0.352 e. The van der Waals surface area contributed by atoms with Gasteiger partial charge in [0.15, 0.2) is 0 Å². The van der Waals surface area contributed by atoms with Crippen LogP contribution in [-0.4, -0.2) is 12.5 Å². The van der Waals surface area contributed by atoms with Gasteiger partial charge in [-0.3, -0.25) is 4.79 Å². The van der Waals surface area contributed by atoms with Crippen LogP contribution in [0.25, 0.3) is 21.5 Å². The van der Waals surface area contributed by atoms with E-state index in [0.29, 0.717) is 6.54 Å². The number of rotatable bonds is 2. The van der Waals surface area contributed by atoms with Crippen molar-refractivity contribution in [3.8, 4) is 0 Å². The van der Waals surface area contributed by atoms with E-state index in [1.54, 1.807) is 0 Å². The number of nitrogens with one attached hydrogen (secondary N) is 1.